The molecule has 16 heteroatoms. The normalized spacial score (nSPS) is 13.4. The predicted molar refractivity (Wildman–Crippen MR) is 193 cm³/mol. The van der Waals surface area contributed by atoms with Crippen molar-refractivity contribution in [3.8, 4) is 32.6 Å². The van der Waals surface area contributed by atoms with Crippen molar-refractivity contribution < 1.29 is 41.5 Å². The van der Waals surface area contributed by atoms with E-state index in [1.54, 1.807) is 62.3 Å². The first kappa shape index (κ1) is 41.1. The number of hydrogen-bond acceptors (Lipinski definition) is 11. The molecule has 0 saturated carbocycles. The van der Waals surface area contributed by atoms with Crippen molar-refractivity contribution in [3.05, 3.63) is 45.6 Å². The molecule has 0 radical (unpaired) electrons. The lowest BCUT2D eigenvalue weighted by Crippen LogP contribution is -2.44. The van der Waals surface area contributed by atoms with Gasteiger partial charge in [-0.3, -0.25) is 13.6 Å². The molecule has 0 aliphatic heterocycles. The number of hydrogen-bond donors (Lipinski definition) is 1. The number of rotatable bonds is 13. The van der Waals surface area contributed by atoms with Gasteiger partial charge in [0, 0.05) is 17.2 Å². The van der Waals surface area contributed by atoms with Gasteiger partial charge in [0.2, 0.25) is 0 Å². The van der Waals surface area contributed by atoms with Crippen LogP contribution in [0.25, 0.3) is 21.1 Å². The summed E-state index contributed by atoms with van der Waals surface area (Å²) < 4.78 is 63.8. The van der Waals surface area contributed by atoms with Gasteiger partial charge in [-0.25, -0.2) is 13.8 Å². The second-order valence-corrected chi connectivity index (χ2v) is 18.0. The SMILES string of the molecule is CC(C)Oc1ccc(-c2nnc(-c3cc(F)c(OC[C@@H](COP(=O)(OC(C)(C)C)OC(C)(C)C)NC(=O)OC(C)(C)C)cc3Cl)s2)cc1Br. The molecule has 11 nitrogen and oxygen atoms in total. The number of carbonyl (C=O) groups is 1. The molecule has 3 aromatic rings. The minimum atomic E-state index is -4.15. The van der Waals surface area contributed by atoms with Gasteiger partial charge in [-0.05, 0) is 116 Å². The number of halogens is 3. The molecule has 1 aromatic heterocycles. The van der Waals surface area contributed by atoms with Gasteiger partial charge in [-0.15, -0.1) is 10.2 Å². The largest absolute Gasteiger partial charge is 0.490 e. The summed E-state index contributed by atoms with van der Waals surface area (Å²) in [6.07, 6.45) is -0.775. The molecule has 0 saturated heterocycles. The van der Waals surface area contributed by atoms with Crippen molar-refractivity contribution in [2.75, 3.05) is 13.2 Å². The highest BCUT2D eigenvalue weighted by Gasteiger charge is 2.38. The van der Waals surface area contributed by atoms with Crippen molar-refractivity contribution in [1.82, 2.24) is 15.5 Å². The molecular formula is C33H45BrClFN3O8PS. The smallest absolute Gasteiger partial charge is 0.475 e. The first-order chi connectivity index (χ1) is 22.4. The monoisotopic (exact) mass is 807 g/mol. The zero-order valence-electron chi connectivity index (χ0n) is 29.6. The van der Waals surface area contributed by atoms with Gasteiger partial charge in [0.05, 0.1) is 39.5 Å². The lowest BCUT2D eigenvalue weighted by molar-refractivity contribution is -0.00235. The van der Waals surface area contributed by atoms with E-state index in [0.29, 0.717) is 21.3 Å². The molecule has 1 amide bonds. The van der Waals surface area contributed by atoms with Crippen LogP contribution in [0.15, 0.2) is 34.8 Å². The lowest BCUT2D eigenvalue weighted by atomic mass is 10.2. The van der Waals surface area contributed by atoms with Crippen molar-refractivity contribution in [2.45, 2.75) is 105 Å². The van der Waals surface area contributed by atoms with Gasteiger partial charge in [0.1, 0.15) is 28.0 Å². The molecule has 0 bridgehead atoms. The molecule has 1 atom stereocenters. The van der Waals surface area contributed by atoms with Crippen LogP contribution in [0.1, 0.15) is 76.2 Å². The van der Waals surface area contributed by atoms with Crippen LogP contribution < -0.4 is 14.8 Å². The summed E-state index contributed by atoms with van der Waals surface area (Å²) in [5, 5.41) is 12.3. The quantitative estimate of drug-likeness (QED) is 0.167. The van der Waals surface area contributed by atoms with Crippen LogP contribution in [-0.2, 0) is 22.9 Å². The molecular weight excluding hydrogens is 764 g/mol. The van der Waals surface area contributed by atoms with E-state index in [9.17, 15) is 9.36 Å². The average molecular weight is 809 g/mol. The Kier molecular flexibility index (Phi) is 13.7. The van der Waals surface area contributed by atoms with Gasteiger partial charge >= 0.3 is 13.9 Å². The Morgan fingerprint density at radius 2 is 1.55 bits per heavy atom. The van der Waals surface area contributed by atoms with E-state index >= 15 is 4.39 Å². The maximum absolute atomic E-state index is 15.5. The number of benzene rings is 2. The number of phosphoric acid groups is 1. The molecule has 1 N–H and O–H groups in total. The van der Waals surface area contributed by atoms with Crippen LogP contribution in [0.4, 0.5) is 9.18 Å². The van der Waals surface area contributed by atoms with Crippen molar-refractivity contribution in [3.63, 3.8) is 0 Å². The molecule has 272 valence electrons. The van der Waals surface area contributed by atoms with Crippen molar-refractivity contribution in [2.24, 2.45) is 0 Å². The van der Waals surface area contributed by atoms with Crippen LogP contribution in [-0.4, -0.2) is 58.5 Å². The van der Waals surface area contributed by atoms with Crippen molar-refractivity contribution >= 4 is 52.8 Å². The van der Waals surface area contributed by atoms with E-state index in [1.807, 2.05) is 32.0 Å². The third kappa shape index (κ3) is 13.7. The molecule has 0 aliphatic rings. The molecule has 0 unspecified atom stereocenters. The molecule has 0 aliphatic carbocycles. The number of amides is 1. The minimum absolute atomic E-state index is 0.0134. The first-order valence-electron chi connectivity index (χ1n) is 15.5. The lowest BCUT2D eigenvalue weighted by Gasteiger charge is -2.32. The van der Waals surface area contributed by atoms with E-state index < -0.39 is 42.6 Å². The van der Waals surface area contributed by atoms with Crippen LogP contribution in [0.2, 0.25) is 5.02 Å². The van der Waals surface area contributed by atoms with E-state index in [4.69, 9.17) is 39.4 Å². The second kappa shape index (κ2) is 16.4. The highest BCUT2D eigenvalue weighted by atomic mass is 79.9. The van der Waals surface area contributed by atoms with Gasteiger partial charge in [-0.2, -0.15) is 0 Å². The fourth-order valence-electron chi connectivity index (χ4n) is 3.95. The number of aromatic nitrogens is 2. The number of nitrogens with one attached hydrogen (secondary N) is 1. The third-order valence-electron chi connectivity index (χ3n) is 5.58. The Bertz CT molecular complexity index is 1640. The maximum atomic E-state index is 15.5. The number of phosphoric ester groups is 1. The molecule has 2 aromatic carbocycles. The van der Waals surface area contributed by atoms with Crippen LogP contribution in [0.3, 0.4) is 0 Å². The number of ether oxygens (including phenoxy) is 3. The molecule has 3 rings (SSSR count). The summed E-state index contributed by atoms with van der Waals surface area (Å²) in [4.78, 5) is 12.7. The van der Waals surface area contributed by atoms with Crippen LogP contribution in [0, 0.1) is 5.82 Å². The minimum Gasteiger partial charge on any atom is -0.490 e. The molecule has 1 heterocycles. The molecule has 0 spiro atoms. The zero-order valence-corrected chi connectivity index (χ0v) is 33.7. The highest BCUT2D eigenvalue weighted by Crippen LogP contribution is 2.55. The summed E-state index contributed by atoms with van der Waals surface area (Å²) in [6.45, 7) is 18.5. The van der Waals surface area contributed by atoms with Crippen molar-refractivity contribution in [1.29, 1.82) is 0 Å². The topological polar surface area (TPSA) is 127 Å². The van der Waals surface area contributed by atoms with Crippen LogP contribution in [0.5, 0.6) is 11.5 Å². The number of carbonyl (C=O) groups excluding carboxylic acids is 1. The Morgan fingerprint density at radius 1 is 0.939 bits per heavy atom. The summed E-state index contributed by atoms with van der Waals surface area (Å²) in [6, 6.07) is 7.10. The van der Waals surface area contributed by atoms with E-state index in [-0.39, 0.29) is 30.1 Å². The number of nitrogens with zero attached hydrogens (tertiary/aromatic N) is 2. The molecule has 49 heavy (non-hydrogen) atoms. The van der Waals surface area contributed by atoms with Gasteiger partial charge in [0.15, 0.2) is 11.6 Å². The highest BCUT2D eigenvalue weighted by molar-refractivity contribution is 9.10. The van der Waals surface area contributed by atoms with Gasteiger partial charge < -0.3 is 19.5 Å². The second-order valence-electron chi connectivity index (χ2n) is 14.3. The maximum Gasteiger partial charge on any atom is 0.475 e. The fraction of sp³-hybridized carbons (Fsp3) is 0.545. The van der Waals surface area contributed by atoms with E-state index in [2.05, 4.69) is 31.4 Å². The fourth-order valence-corrected chi connectivity index (χ4v) is 7.44. The average Bonchev–Trinajstić information content (AvgIpc) is 3.39. The van der Waals surface area contributed by atoms with Gasteiger partial charge in [0.25, 0.3) is 0 Å². The van der Waals surface area contributed by atoms with Crippen LogP contribution >= 0.6 is 46.7 Å². The summed E-state index contributed by atoms with van der Waals surface area (Å²) in [5.74, 6) is -0.229. The van der Waals surface area contributed by atoms with Gasteiger partial charge in [-0.1, -0.05) is 22.9 Å². The summed E-state index contributed by atoms with van der Waals surface area (Å²) >= 11 is 11.4. The summed E-state index contributed by atoms with van der Waals surface area (Å²) in [7, 11) is -4.15. The zero-order chi connectivity index (χ0) is 36.9. The standard InChI is InChI=1S/C33H45BrClFN3O8PS/c1-19(2)44-26-13-12-20(14-23(26)34)28-38-39-29(49-28)22-15-25(36)27(16-24(22)35)42-17-21(37-30(40)45-31(3,4)5)18-43-48(41,46-32(6,7)8)47-33(9,10)11/h12-16,19,21H,17-18H2,1-11H3,(H,37,40)/t21-/m0/s1. The Labute approximate surface area is 305 Å². The van der Waals surface area contributed by atoms with E-state index in [1.165, 1.54) is 23.5 Å². The predicted octanol–water partition coefficient (Wildman–Crippen LogP) is 10.2. The summed E-state index contributed by atoms with van der Waals surface area (Å²) in [5.41, 5.74) is -1.46. The molecule has 0 fully saturated rings. The third-order valence-corrected chi connectivity index (χ3v) is 9.53. The Balaban J connectivity index is 1.81. The number of alkyl carbamates (subject to hydrolysis) is 1. The first-order valence-corrected chi connectivity index (χ1v) is 18.9. The van der Waals surface area contributed by atoms with E-state index in [0.717, 1.165) is 10.0 Å². The Morgan fingerprint density at radius 3 is 2.10 bits per heavy atom. The Hall–Kier alpha value is -2.32.